The van der Waals surface area contributed by atoms with Gasteiger partial charge in [-0.25, -0.2) is 0 Å². The van der Waals surface area contributed by atoms with Crippen molar-refractivity contribution in [3.63, 3.8) is 0 Å². The van der Waals surface area contributed by atoms with Gasteiger partial charge in [-0.1, -0.05) is 24.0 Å². The number of allylic oxidation sites excluding steroid dienone is 1. The fraction of sp³-hybridized carbons (Fsp3) is 0.278. The number of nitrogens with one attached hydrogen (secondary N) is 1. The molecule has 1 aromatic heterocycles. The molecular weight excluding hydrogens is 244 g/mol. The van der Waals surface area contributed by atoms with Crippen LogP contribution in [0.3, 0.4) is 0 Å². The van der Waals surface area contributed by atoms with Gasteiger partial charge in [-0.05, 0) is 51.1 Å². The highest BCUT2D eigenvalue weighted by atomic mass is 14.9. The van der Waals surface area contributed by atoms with Gasteiger partial charge in [0.2, 0.25) is 0 Å². The molecule has 0 fully saturated rings. The number of fused-ring (bicyclic) bond motifs is 1. The van der Waals surface area contributed by atoms with E-state index >= 15 is 0 Å². The highest BCUT2D eigenvalue weighted by molar-refractivity contribution is 5.91. The molecule has 2 aromatic rings. The van der Waals surface area contributed by atoms with E-state index in [-0.39, 0.29) is 5.41 Å². The van der Waals surface area contributed by atoms with E-state index in [9.17, 15) is 0 Å². The number of aromatic nitrogens is 1. The summed E-state index contributed by atoms with van der Waals surface area (Å²) in [5.74, 6) is 6.24. The molecule has 0 saturated carbocycles. The molecule has 0 aliphatic rings. The number of pyridine rings is 1. The lowest BCUT2D eigenvalue weighted by Crippen LogP contribution is -1.99. The molecule has 0 spiro atoms. The quantitative estimate of drug-likeness (QED) is 0.838. The Hall–Kier alpha value is -2.27. The molecule has 2 heteroatoms. The van der Waals surface area contributed by atoms with Gasteiger partial charge in [-0.2, -0.15) is 0 Å². The Morgan fingerprint density at radius 1 is 1.20 bits per heavy atom. The molecule has 2 nitrogen and oxygen atoms in total. The van der Waals surface area contributed by atoms with Gasteiger partial charge < -0.3 is 5.32 Å². The molecule has 0 unspecified atom stereocenters. The molecule has 0 saturated heterocycles. The first-order chi connectivity index (χ1) is 9.56. The number of rotatable bonds is 3. The Kier molecular flexibility index (Phi) is 4.42. The van der Waals surface area contributed by atoms with Crippen LogP contribution in [0.25, 0.3) is 10.9 Å². The minimum Gasteiger partial charge on any atom is -0.381 e. The lowest BCUT2D eigenvalue weighted by atomic mass is 9.98. The van der Waals surface area contributed by atoms with Crippen molar-refractivity contribution in [3.05, 3.63) is 48.7 Å². The van der Waals surface area contributed by atoms with E-state index in [2.05, 4.69) is 55.0 Å². The first kappa shape index (κ1) is 14.1. The van der Waals surface area contributed by atoms with Crippen LogP contribution >= 0.6 is 0 Å². The van der Waals surface area contributed by atoms with Crippen LogP contribution in [0.5, 0.6) is 0 Å². The van der Waals surface area contributed by atoms with Gasteiger partial charge >= 0.3 is 0 Å². The monoisotopic (exact) mass is 264 g/mol. The zero-order valence-corrected chi connectivity index (χ0v) is 12.3. The highest BCUT2D eigenvalue weighted by Crippen LogP contribution is 2.20. The van der Waals surface area contributed by atoms with Gasteiger partial charge in [-0.3, -0.25) is 4.98 Å². The SMILES string of the molecule is CC(C)(C)C#C/C=C/CNc1cccc2ncccc12. The normalized spacial score (nSPS) is 11.3. The van der Waals surface area contributed by atoms with Crippen molar-refractivity contribution in [2.75, 3.05) is 11.9 Å². The molecule has 1 aromatic carbocycles. The summed E-state index contributed by atoms with van der Waals surface area (Å²) in [4.78, 5) is 4.35. The Bertz CT molecular complexity index is 662. The zero-order chi connectivity index (χ0) is 14.4. The number of hydrogen-bond acceptors (Lipinski definition) is 2. The molecule has 1 N–H and O–H groups in total. The summed E-state index contributed by atoms with van der Waals surface area (Å²) in [6.45, 7) is 7.08. The number of benzene rings is 1. The van der Waals surface area contributed by atoms with Gasteiger partial charge in [0.15, 0.2) is 0 Å². The molecule has 0 amide bonds. The molecular formula is C18H20N2. The molecule has 0 atom stereocenters. The van der Waals surface area contributed by atoms with Gasteiger partial charge in [-0.15, -0.1) is 0 Å². The highest BCUT2D eigenvalue weighted by Gasteiger charge is 2.02. The van der Waals surface area contributed by atoms with E-state index in [0.717, 1.165) is 23.1 Å². The van der Waals surface area contributed by atoms with Crippen LogP contribution < -0.4 is 5.32 Å². The summed E-state index contributed by atoms with van der Waals surface area (Å²) in [6.07, 6.45) is 5.75. The van der Waals surface area contributed by atoms with Crippen molar-refractivity contribution >= 4 is 16.6 Å². The Labute approximate surface area is 120 Å². The van der Waals surface area contributed by atoms with Crippen molar-refractivity contribution in [2.24, 2.45) is 5.41 Å². The minimum absolute atomic E-state index is 0.0546. The van der Waals surface area contributed by atoms with Crippen LogP contribution in [-0.2, 0) is 0 Å². The summed E-state index contributed by atoms with van der Waals surface area (Å²) in [6, 6.07) is 10.1. The van der Waals surface area contributed by atoms with Gasteiger partial charge in [0, 0.05) is 29.2 Å². The van der Waals surface area contributed by atoms with E-state index in [1.165, 1.54) is 0 Å². The Balaban J connectivity index is 2.00. The lowest BCUT2D eigenvalue weighted by Gasteiger charge is -2.07. The van der Waals surface area contributed by atoms with Crippen LogP contribution in [0.4, 0.5) is 5.69 Å². The second-order valence-corrected chi connectivity index (χ2v) is 5.68. The maximum atomic E-state index is 4.35. The third-order valence-electron chi connectivity index (χ3n) is 2.70. The van der Waals surface area contributed by atoms with E-state index in [1.54, 1.807) is 0 Å². The van der Waals surface area contributed by atoms with E-state index in [4.69, 9.17) is 0 Å². The van der Waals surface area contributed by atoms with Crippen molar-refractivity contribution in [1.29, 1.82) is 0 Å². The molecule has 0 aliphatic carbocycles. The van der Waals surface area contributed by atoms with Crippen LogP contribution in [-0.4, -0.2) is 11.5 Å². The van der Waals surface area contributed by atoms with Gasteiger partial charge in [0.1, 0.15) is 0 Å². The third-order valence-corrected chi connectivity index (χ3v) is 2.70. The second-order valence-electron chi connectivity index (χ2n) is 5.68. The van der Waals surface area contributed by atoms with Gasteiger partial charge in [0.05, 0.1) is 5.52 Å². The average molecular weight is 264 g/mol. The zero-order valence-electron chi connectivity index (χ0n) is 12.3. The van der Waals surface area contributed by atoms with Gasteiger partial charge in [0.25, 0.3) is 0 Å². The van der Waals surface area contributed by atoms with Crippen molar-refractivity contribution in [2.45, 2.75) is 20.8 Å². The van der Waals surface area contributed by atoms with Crippen LogP contribution in [0, 0.1) is 17.3 Å². The van der Waals surface area contributed by atoms with Crippen molar-refractivity contribution in [3.8, 4) is 11.8 Å². The minimum atomic E-state index is 0.0546. The standard InChI is InChI=1S/C18H20N2/c1-18(2,3)12-5-4-6-13-19-16-10-7-11-17-15(16)9-8-14-20-17/h4,6-11,14,19H,13H2,1-3H3/b6-4+. The lowest BCUT2D eigenvalue weighted by molar-refractivity contribution is 0.571. The topological polar surface area (TPSA) is 24.9 Å². The molecule has 1 heterocycles. The fourth-order valence-electron chi connectivity index (χ4n) is 1.80. The fourth-order valence-corrected chi connectivity index (χ4v) is 1.80. The largest absolute Gasteiger partial charge is 0.381 e. The molecule has 0 aliphatic heterocycles. The van der Waals surface area contributed by atoms with E-state index in [1.807, 2.05) is 36.5 Å². The van der Waals surface area contributed by atoms with Crippen LogP contribution in [0.2, 0.25) is 0 Å². The predicted octanol–water partition coefficient (Wildman–Crippen LogP) is 4.25. The summed E-state index contributed by atoms with van der Waals surface area (Å²) in [5, 5.41) is 4.53. The molecule has 102 valence electrons. The Morgan fingerprint density at radius 2 is 2.05 bits per heavy atom. The maximum absolute atomic E-state index is 4.35. The maximum Gasteiger partial charge on any atom is 0.0722 e. The predicted molar refractivity (Wildman–Crippen MR) is 86.6 cm³/mol. The number of nitrogens with zero attached hydrogens (tertiary/aromatic N) is 1. The summed E-state index contributed by atoms with van der Waals surface area (Å²) < 4.78 is 0. The smallest absolute Gasteiger partial charge is 0.0722 e. The summed E-state index contributed by atoms with van der Waals surface area (Å²) in [5.41, 5.74) is 2.16. The number of hydrogen-bond donors (Lipinski definition) is 1. The molecule has 0 radical (unpaired) electrons. The number of anilines is 1. The molecule has 0 bridgehead atoms. The van der Waals surface area contributed by atoms with Crippen LogP contribution in [0.15, 0.2) is 48.7 Å². The van der Waals surface area contributed by atoms with Crippen molar-refractivity contribution < 1.29 is 0 Å². The summed E-state index contributed by atoms with van der Waals surface area (Å²) >= 11 is 0. The van der Waals surface area contributed by atoms with E-state index in [0.29, 0.717) is 0 Å². The summed E-state index contributed by atoms with van der Waals surface area (Å²) in [7, 11) is 0. The second kappa shape index (κ2) is 6.25. The first-order valence-electron chi connectivity index (χ1n) is 6.81. The average Bonchev–Trinajstić information content (AvgIpc) is 2.41. The van der Waals surface area contributed by atoms with Crippen molar-refractivity contribution in [1.82, 2.24) is 4.98 Å². The Morgan fingerprint density at radius 3 is 2.85 bits per heavy atom. The van der Waals surface area contributed by atoms with Crippen LogP contribution in [0.1, 0.15) is 20.8 Å². The third kappa shape index (κ3) is 4.13. The molecule has 2 rings (SSSR count). The van der Waals surface area contributed by atoms with E-state index < -0.39 is 0 Å². The molecule has 20 heavy (non-hydrogen) atoms. The first-order valence-corrected chi connectivity index (χ1v) is 6.81.